The predicted molar refractivity (Wildman–Crippen MR) is 50.8 cm³/mol. The van der Waals surface area contributed by atoms with E-state index in [-0.39, 0.29) is 12.3 Å². The highest BCUT2D eigenvalue weighted by Crippen LogP contribution is 2.20. The van der Waals surface area contributed by atoms with Gasteiger partial charge in [-0.1, -0.05) is 5.16 Å². The Hall–Kier alpha value is -0.980. The number of nitrogens with two attached hydrogens (primary N) is 1. The second-order valence-electron chi connectivity index (χ2n) is 3.16. The molecule has 0 saturated heterocycles. The molecule has 15 heavy (non-hydrogen) atoms. The number of nitrogens with zero attached hydrogens (tertiary/aromatic N) is 1. The van der Waals surface area contributed by atoms with Crippen molar-refractivity contribution in [3.8, 4) is 0 Å². The van der Waals surface area contributed by atoms with Crippen LogP contribution in [-0.2, 0) is 0 Å². The van der Waals surface area contributed by atoms with Crippen LogP contribution in [-0.4, -0.2) is 30.3 Å². The van der Waals surface area contributed by atoms with Crippen LogP contribution in [0.5, 0.6) is 0 Å². The third kappa shape index (κ3) is 10.9. The van der Waals surface area contributed by atoms with Crippen molar-refractivity contribution in [2.24, 2.45) is 10.9 Å². The highest BCUT2D eigenvalue weighted by atomic mass is 19.4. The molecule has 0 aliphatic rings. The molecule has 0 radical (unpaired) electrons. The molecule has 0 atom stereocenters. The third-order valence-corrected chi connectivity index (χ3v) is 1.73. The summed E-state index contributed by atoms with van der Waals surface area (Å²) in [5.74, 6) is 0.132. The van der Waals surface area contributed by atoms with Crippen molar-refractivity contribution in [2.75, 3.05) is 13.1 Å². The first-order chi connectivity index (χ1) is 6.95. The number of oxime groups is 1. The van der Waals surface area contributed by atoms with Crippen molar-refractivity contribution in [1.29, 1.82) is 0 Å². The minimum atomic E-state index is -4.07. The number of halogens is 3. The number of rotatable bonds is 7. The SMILES string of the molecule is NC(CCCNCCCC(F)(F)F)=NO. The smallest absolute Gasteiger partial charge is 0.389 e. The van der Waals surface area contributed by atoms with Gasteiger partial charge in [-0.15, -0.1) is 0 Å². The molecule has 0 aromatic carbocycles. The van der Waals surface area contributed by atoms with Crippen molar-refractivity contribution in [1.82, 2.24) is 5.32 Å². The number of hydrogen-bond donors (Lipinski definition) is 3. The fraction of sp³-hybridized carbons (Fsp3) is 0.875. The van der Waals surface area contributed by atoms with E-state index in [9.17, 15) is 13.2 Å². The molecular weight excluding hydrogens is 211 g/mol. The van der Waals surface area contributed by atoms with E-state index in [0.29, 0.717) is 25.9 Å². The van der Waals surface area contributed by atoms with Crippen LogP contribution < -0.4 is 11.1 Å². The lowest BCUT2D eigenvalue weighted by atomic mass is 10.2. The number of nitrogens with one attached hydrogen (secondary N) is 1. The molecule has 0 spiro atoms. The monoisotopic (exact) mass is 227 g/mol. The summed E-state index contributed by atoms with van der Waals surface area (Å²) in [5.41, 5.74) is 5.19. The Bertz CT molecular complexity index is 194. The van der Waals surface area contributed by atoms with Crippen molar-refractivity contribution < 1.29 is 18.4 Å². The van der Waals surface area contributed by atoms with Gasteiger partial charge in [-0.05, 0) is 25.9 Å². The first-order valence-corrected chi connectivity index (χ1v) is 4.69. The van der Waals surface area contributed by atoms with Crippen LogP contribution >= 0.6 is 0 Å². The maximum absolute atomic E-state index is 11.7. The van der Waals surface area contributed by atoms with Gasteiger partial charge in [0.25, 0.3) is 0 Å². The van der Waals surface area contributed by atoms with Gasteiger partial charge in [0.1, 0.15) is 5.84 Å². The van der Waals surface area contributed by atoms with Crippen LogP contribution in [0, 0.1) is 0 Å². The molecule has 0 aliphatic heterocycles. The van der Waals surface area contributed by atoms with Crippen molar-refractivity contribution in [3.63, 3.8) is 0 Å². The zero-order chi connectivity index (χ0) is 11.7. The lowest BCUT2D eigenvalue weighted by Crippen LogP contribution is -2.21. The molecule has 0 heterocycles. The van der Waals surface area contributed by atoms with Gasteiger partial charge in [0.05, 0.1) is 0 Å². The minimum Gasteiger partial charge on any atom is -0.409 e. The van der Waals surface area contributed by atoms with Gasteiger partial charge >= 0.3 is 6.18 Å². The Morgan fingerprint density at radius 3 is 2.40 bits per heavy atom. The van der Waals surface area contributed by atoms with Gasteiger partial charge in [-0.2, -0.15) is 13.2 Å². The summed E-state index contributed by atoms with van der Waals surface area (Å²) in [6.45, 7) is 0.893. The quantitative estimate of drug-likeness (QED) is 0.203. The summed E-state index contributed by atoms with van der Waals surface area (Å²) < 4.78 is 35.1. The summed E-state index contributed by atoms with van der Waals surface area (Å²) in [4.78, 5) is 0. The molecule has 0 rings (SSSR count). The van der Waals surface area contributed by atoms with Crippen LogP contribution in [0.1, 0.15) is 25.7 Å². The average molecular weight is 227 g/mol. The molecule has 0 aliphatic carbocycles. The molecule has 0 aromatic rings. The Morgan fingerprint density at radius 2 is 1.87 bits per heavy atom. The van der Waals surface area contributed by atoms with Crippen molar-refractivity contribution in [3.05, 3.63) is 0 Å². The van der Waals surface area contributed by atoms with Gasteiger partial charge in [0.15, 0.2) is 0 Å². The van der Waals surface area contributed by atoms with Gasteiger partial charge in [-0.3, -0.25) is 0 Å². The zero-order valence-corrected chi connectivity index (χ0v) is 8.35. The van der Waals surface area contributed by atoms with Gasteiger partial charge < -0.3 is 16.3 Å². The standard InChI is InChI=1S/C8H16F3N3O/c9-8(10,11)4-2-6-13-5-1-3-7(12)14-15/h13,15H,1-6H2,(H2,12,14). The largest absolute Gasteiger partial charge is 0.409 e. The molecule has 4 N–H and O–H groups in total. The Kier molecular flexibility index (Phi) is 6.85. The van der Waals surface area contributed by atoms with Crippen molar-refractivity contribution >= 4 is 5.84 Å². The Morgan fingerprint density at radius 1 is 1.27 bits per heavy atom. The maximum atomic E-state index is 11.7. The lowest BCUT2D eigenvalue weighted by molar-refractivity contribution is -0.135. The maximum Gasteiger partial charge on any atom is 0.389 e. The predicted octanol–water partition coefficient (Wildman–Crippen LogP) is 1.45. The summed E-state index contributed by atoms with van der Waals surface area (Å²) in [7, 11) is 0. The first kappa shape index (κ1) is 14.0. The molecule has 0 saturated carbocycles. The van der Waals surface area contributed by atoms with E-state index in [1.54, 1.807) is 0 Å². The average Bonchev–Trinajstić information content (AvgIpc) is 2.14. The Labute approximate surface area is 86.3 Å². The summed E-state index contributed by atoms with van der Waals surface area (Å²) in [6.07, 6.45) is -3.69. The molecule has 0 bridgehead atoms. The fourth-order valence-corrected chi connectivity index (χ4v) is 0.983. The van der Waals surface area contributed by atoms with Crippen LogP contribution in [0.3, 0.4) is 0 Å². The molecule has 0 amide bonds. The lowest BCUT2D eigenvalue weighted by Gasteiger charge is -2.06. The third-order valence-electron chi connectivity index (χ3n) is 1.73. The molecule has 4 nitrogen and oxygen atoms in total. The normalized spacial score (nSPS) is 13.1. The fourth-order valence-electron chi connectivity index (χ4n) is 0.983. The minimum absolute atomic E-state index is 0.0765. The van der Waals surface area contributed by atoms with Gasteiger partial charge in [-0.25, -0.2) is 0 Å². The summed E-state index contributed by atoms with van der Waals surface area (Å²) in [5, 5.41) is 13.8. The van der Waals surface area contributed by atoms with E-state index in [2.05, 4.69) is 10.5 Å². The molecule has 90 valence electrons. The number of hydrogen-bond acceptors (Lipinski definition) is 3. The van der Waals surface area contributed by atoms with E-state index in [1.807, 2.05) is 0 Å². The van der Waals surface area contributed by atoms with Gasteiger partial charge in [0, 0.05) is 12.8 Å². The summed E-state index contributed by atoms with van der Waals surface area (Å²) in [6, 6.07) is 0. The molecular formula is C8H16F3N3O. The van der Waals surface area contributed by atoms with Gasteiger partial charge in [0.2, 0.25) is 0 Å². The zero-order valence-electron chi connectivity index (χ0n) is 8.35. The first-order valence-electron chi connectivity index (χ1n) is 4.69. The van der Waals surface area contributed by atoms with Crippen molar-refractivity contribution in [2.45, 2.75) is 31.9 Å². The van der Waals surface area contributed by atoms with E-state index in [4.69, 9.17) is 10.9 Å². The summed E-state index contributed by atoms with van der Waals surface area (Å²) >= 11 is 0. The second kappa shape index (κ2) is 7.33. The van der Waals surface area contributed by atoms with E-state index >= 15 is 0 Å². The number of amidine groups is 1. The van der Waals surface area contributed by atoms with E-state index < -0.39 is 12.6 Å². The number of alkyl halides is 3. The van der Waals surface area contributed by atoms with E-state index in [1.165, 1.54) is 0 Å². The molecule has 7 heteroatoms. The topological polar surface area (TPSA) is 70.6 Å². The molecule has 0 unspecified atom stereocenters. The molecule has 0 aromatic heterocycles. The van der Waals surface area contributed by atoms with Crippen LogP contribution in [0.15, 0.2) is 5.16 Å². The highest BCUT2D eigenvalue weighted by Gasteiger charge is 2.25. The van der Waals surface area contributed by atoms with Crippen LogP contribution in [0.4, 0.5) is 13.2 Å². The van der Waals surface area contributed by atoms with E-state index in [0.717, 1.165) is 0 Å². The van der Waals surface area contributed by atoms with Crippen LogP contribution in [0.2, 0.25) is 0 Å². The van der Waals surface area contributed by atoms with Crippen LogP contribution in [0.25, 0.3) is 0 Å². The highest BCUT2D eigenvalue weighted by molar-refractivity contribution is 5.79. The molecule has 0 fully saturated rings. The second-order valence-corrected chi connectivity index (χ2v) is 3.16. The Balaban J connectivity index is 3.19.